The van der Waals surface area contributed by atoms with Crippen molar-refractivity contribution < 1.29 is 14.3 Å². The Balaban J connectivity index is 1.79. The molecule has 0 saturated carbocycles. The molecule has 0 unspecified atom stereocenters. The van der Waals surface area contributed by atoms with Gasteiger partial charge in [-0.2, -0.15) is 0 Å². The van der Waals surface area contributed by atoms with E-state index in [1.54, 1.807) is 24.3 Å². The number of nitrogens with one attached hydrogen (secondary N) is 1. The number of aromatic carboxylic acids is 1. The first kappa shape index (κ1) is 14.1. The van der Waals surface area contributed by atoms with Crippen LogP contribution in [0.3, 0.4) is 0 Å². The van der Waals surface area contributed by atoms with E-state index in [9.17, 15) is 9.18 Å². The molecule has 1 aromatic carbocycles. The minimum absolute atomic E-state index is 0.0443. The quantitative estimate of drug-likeness (QED) is 0.793. The van der Waals surface area contributed by atoms with Gasteiger partial charge in [-0.25, -0.2) is 14.2 Å². The van der Waals surface area contributed by atoms with Crippen molar-refractivity contribution in [3.63, 3.8) is 0 Å². The van der Waals surface area contributed by atoms with E-state index in [0.717, 1.165) is 12.0 Å². The van der Waals surface area contributed by atoms with Gasteiger partial charge in [0.2, 0.25) is 0 Å². The van der Waals surface area contributed by atoms with E-state index in [1.807, 2.05) is 0 Å². The van der Waals surface area contributed by atoms with Crippen LogP contribution in [-0.4, -0.2) is 22.6 Å². The smallest absolute Gasteiger partial charge is 0.354 e. The molecule has 0 bridgehead atoms. The maximum atomic E-state index is 12.7. The fourth-order valence-corrected chi connectivity index (χ4v) is 1.80. The lowest BCUT2D eigenvalue weighted by atomic mass is 10.1. The molecule has 5 heteroatoms. The van der Waals surface area contributed by atoms with E-state index in [1.165, 1.54) is 18.2 Å². The van der Waals surface area contributed by atoms with Crippen molar-refractivity contribution in [1.82, 2.24) is 10.3 Å². The van der Waals surface area contributed by atoms with Crippen LogP contribution in [0.4, 0.5) is 4.39 Å². The SMILES string of the molecule is O=C(O)c1cccc(CNCCc2ccc(F)cc2)n1. The van der Waals surface area contributed by atoms with Gasteiger partial charge in [-0.3, -0.25) is 0 Å². The van der Waals surface area contributed by atoms with E-state index < -0.39 is 5.97 Å². The average Bonchev–Trinajstić information content (AvgIpc) is 2.46. The third-order valence-corrected chi connectivity index (χ3v) is 2.84. The minimum atomic E-state index is -1.03. The maximum Gasteiger partial charge on any atom is 0.354 e. The van der Waals surface area contributed by atoms with Crippen LogP contribution in [0.2, 0.25) is 0 Å². The maximum absolute atomic E-state index is 12.7. The zero-order valence-electron chi connectivity index (χ0n) is 10.8. The van der Waals surface area contributed by atoms with Crippen LogP contribution < -0.4 is 5.32 Å². The number of carboxylic acids is 1. The van der Waals surface area contributed by atoms with Gasteiger partial charge < -0.3 is 10.4 Å². The molecule has 0 amide bonds. The molecule has 1 heterocycles. The summed E-state index contributed by atoms with van der Waals surface area (Å²) in [5.41, 5.74) is 1.78. The Bertz CT molecular complexity index is 585. The number of benzene rings is 1. The van der Waals surface area contributed by atoms with Crippen molar-refractivity contribution >= 4 is 5.97 Å². The molecule has 0 aliphatic heterocycles. The zero-order chi connectivity index (χ0) is 14.4. The van der Waals surface area contributed by atoms with Crippen LogP contribution in [-0.2, 0) is 13.0 Å². The predicted octanol–water partition coefficient (Wildman–Crippen LogP) is 2.25. The number of hydrogen-bond donors (Lipinski definition) is 2. The van der Waals surface area contributed by atoms with Gasteiger partial charge in [-0.05, 0) is 42.8 Å². The van der Waals surface area contributed by atoms with Crippen LogP contribution in [0.15, 0.2) is 42.5 Å². The molecule has 2 rings (SSSR count). The molecule has 20 heavy (non-hydrogen) atoms. The Morgan fingerprint density at radius 3 is 2.65 bits per heavy atom. The third kappa shape index (κ3) is 4.13. The molecule has 1 aromatic heterocycles. The summed E-state index contributed by atoms with van der Waals surface area (Å²) >= 11 is 0. The van der Waals surface area contributed by atoms with Crippen molar-refractivity contribution in [3.8, 4) is 0 Å². The summed E-state index contributed by atoms with van der Waals surface area (Å²) < 4.78 is 12.7. The molecule has 0 saturated heterocycles. The first-order valence-electron chi connectivity index (χ1n) is 6.29. The number of hydrogen-bond acceptors (Lipinski definition) is 3. The van der Waals surface area contributed by atoms with Gasteiger partial charge in [0.05, 0.1) is 5.69 Å². The lowest BCUT2D eigenvalue weighted by molar-refractivity contribution is 0.0690. The van der Waals surface area contributed by atoms with Crippen molar-refractivity contribution in [2.75, 3.05) is 6.54 Å². The van der Waals surface area contributed by atoms with E-state index in [4.69, 9.17) is 5.11 Å². The molecule has 104 valence electrons. The molecule has 0 aliphatic carbocycles. The normalized spacial score (nSPS) is 10.4. The highest BCUT2D eigenvalue weighted by atomic mass is 19.1. The second kappa shape index (κ2) is 6.77. The summed E-state index contributed by atoms with van der Waals surface area (Å²) in [6.07, 6.45) is 0.777. The second-order valence-electron chi connectivity index (χ2n) is 4.37. The lowest BCUT2D eigenvalue weighted by Crippen LogP contribution is -2.18. The molecule has 0 fully saturated rings. The number of rotatable bonds is 6. The van der Waals surface area contributed by atoms with E-state index in [2.05, 4.69) is 10.3 Å². The fourth-order valence-electron chi connectivity index (χ4n) is 1.80. The highest BCUT2D eigenvalue weighted by Gasteiger charge is 2.04. The summed E-state index contributed by atoms with van der Waals surface area (Å²) in [4.78, 5) is 14.8. The Kier molecular flexibility index (Phi) is 4.79. The average molecular weight is 274 g/mol. The van der Waals surface area contributed by atoms with Gasteiger partial charge in [0.1, 0.15) is 11.5 Å². The molecule has 0 atom stereocenters. The second-order valence-corrected chi connectivity index (χ2v) is 4.37. The summed E-state index contributed by atoms with van der Waals surface area (Å²) in [5, 5.41) is 12.0. The first-order valence-corrected chi connectivity index (χ1v) is 6.29. The Morgan fingerprint density at radius 2 is 1.95 bits per heavy atom. The number of pyridine rings is 1. The summed E-state index contributed by atoms with van der Waals surface area (Å²) in [6, 6.07) is 11.3. The number of carboxylic acid groups (broad SMARTS) is 1. The van der Waals surface area contributed by atoms with Gasteiger partial charge in [0, 0.05) is 6.54 Å². The zero-order valence-corrected chi connectivity index (χ0v) is 10.8. The van der Waals surface area contributed by atoms with Crippen molar-refractivity contribution in [3.05, 3.63) is 65.2 Å². The number of nitrogens with zero attached hydrogens (tertiary/aromatic N) is 1. The van der Waals surface area contributed by atoms with Gasteiger partial charge in [-0.1, -0.05) is 18.2 Å². The number of carbonyl (C=O) groups is 1. The number of halogens is 1. The molecule has 0 radical (unpaired) electrons. The van der Waals surface area contributed by atoms with E-state index in [0.29, 0.717) is 18.8 Å². The molecule has 0 aliphatic rings. The topological polar surface area (TPSA) is 62.2 Å². The third-order valence-electron chi connectivity index (χ3n) is 2.84. The molecular weight excluding hydrogens is 259 g/mol. The van der Waals surface area contributed by atoms with Crippen LogP contribution in [0.5, 0.6) is 0 Å². The fraction of sp³-hybridized carbons (Fsp3) is 0.200. The van der Waals surface area contributed by atoms with E-state index >= 15 is 0 Å². The molecule has 2 N–H and O–H groups in total. The molecule has 0 spiro atoms. The monoisotopic (exact) mass is 274 g/mol. The molecule has 4 nitrogen and oxygen atoms in total. The van der Waals surface area contributed by atoms with Crippen LogP contribution in [0.1, 0.15) is 21.7 Å². The van der Waals surface area contributed by atoms with Crippen molar-refractivity contribution in [2.24, 2.45) is 0 Å². The summed E-state index contributed by atoms with van der Waals surface area (Å²) in [5.74, 6) is -1.27. The summed E-state index contributed by atoms with van der Waals surface area (Å²) in [7, 11) is 0. The van der Waals surface area contributed by atoms with Crippen LogP contribution >= 0.6 is 0 Å². The minimum Gasteiger partial charge on any atom is -0.477 e. The predicted molar refractivity (Wildman–Crippen MR) is 73.0 cm³/mol. The number of aromatic nitrogens is 1. The summed E-state index contributed by atoms with van der Waals surface area (Å²) in [6.45, 7) is 1.22. The molecular formula is C15H15FN2O2. The van der Waals surface area contributed by atoms with Crippen LogP contribution in [0, 0.1) is 5.82 Å². The van der Waals surface area contributed by atoms with Gasteiger partial charge in [0.15, 0.2) is 0 Å². The first-order chi connectivity index (χ1) is 9.65. The van der Waals surface area contributed by atoms with Crippen molar-refractivity contribution in [2.45, 2.75) is 13.0 Å². The highest BCUT2D eigenvalue weighted by Crippen LogP contribution is 2.03. The van der Waals surface area contributed by atoms with Gasteiger partial charge in [0.25, 0.3) is 0 Å². The standard InChI is InChI=1S/C15H15FN2O2/c16-12-6-4-11(5-7-12)8-9-17-10-13-2-1-3-14(18-13)15(19)20/h1-7,17H,8-10H2,(H,19,20). The van der Waals surface area contributed by atoms with Crippen molar-refractivity contribution in [1.29, 1.82) is 0 Å². The Hall–Kier alpha value is -2.27. The Morgan fingerprint density at radius 1 is 1.20 bits per heavy atom. The van der Waals surface area contributed by atoms with E-state index in [-0.39, 0.29) is 11.5 Å². The Labute approximate surface area is 116 Å². The molecule has 2 aromatic rings. The highest BCUT2D eigenvalue weighted by molar-refractivity contribution is 5.85. The van der Waals surface area contributed by atoms with Crippen LogP contribution in [0.25, 0.3) is 0 Å². The van der Waals surface area contributed by atoms with Gasteiger partial charge >= 0.3 is 5.97 Å². The lowest BCUT2D eigenvalue weighted by Gasteiger charge is -2.05. The largest absolute Gasteiger partial charge is 0.477 e. The van der Waals surface area contributed by atoms with Gasteiger partial charge in [-0.15, -0.1) is 0 Å².